The van der Waals surface area contributed by atoms with Crippen LogP contribution in [0.2, 0.25) is 0 Å². The first-order chi connectivity index (χ1) is 10.1. The van der Waals surface area contributed by atoms with Gasteiger partial charge in [-0.3, -0.25) is 4.79 Å². The van der Waals surface area contributed by atoms with Crippen LogP contribution in [0.3, 0.4) is 0 Å². The van der Waals surface area contributed by atoms with Crippen molar-refractivity contribution in [3.05, 3.63) is 22.4 Å². The summed E-state index contributed by atoms with van der Waals surface area (Å²) in [5.74, 6) is 0.215. The number of rotatable bonds is 8. The maximum absolute atomic E-state index is 12.5. The van der Waals surface area contributed by atoms with Gasteiger partial charge in [-0.1, -0.05) is 19.9 Å². The minimum absolute atomic E-state index is 0.215. The third-order valence-electron chi connectivity index (χ3n) is 3.62. The lowest BCUT2D eigenvalue weighted by atomic mass is 10.2. The van der Waals surface area contributed by atoms with Gasteiger partial charge in [-0.05, 0) is 24.3 Å². The third-order valence-corrected chi connectivity index (χ3v) is 4.48. The molecule has 4 nitrogen and oxygen atoms in total. The summed E-state index contributed by atoms with van der Waals surface area (Å²) in [5, 5.41) is 5.37. The molecule has 2 rings (SSSR count). The van der Waals surface area contributed by atoms with Gasteiger partial charge in [0.25, 0.3) is 0 Å². The summed E-state index contributed by atoms with van der Waals surface area (Å²) in [6.45, 7) is 7.19. The number of hydrogen-bond donors (Lipinski definition) is 1. The number of ether oxygens (including phenoxy) is 1. The Morgan fingerprint density at radius 1 is 1.57 bits per heavy atom. The molecule has 0 radical (unpaired) electrons. The zero-order valence-electron chi connectivity index (χ0n) is 13.0. The highest BCUT2D eigenvalue weighted by atomic mass is 32.1. The molecule has 1 aliphatic rings. The van der Waals surface area contributed by atoms with E-state index in [0.29, 0.717) is 19.0 Å². The van der Waals surface area contributed by atoms with E-state index in [1.54, 1.807) is 11.3 Å². The molecular weight excluding hydrogens is 284 g/mol. The summed E-state index contributed by atoms with van der Waals surface area (Å²) in [4.78, 5) is 15.7. The van der Waals surface area contributed by atoms with Crippen LogP contribution < -0.4 is 5.32 Å². The predicted molar refractivity (Wildman–Crippen MR) is 86.5 cm³/mol. The molecule has 1 fully saturated rings. The van der Waals surface area contributed by atoms with Crippen LogP contribution in [0.15, 0.2) is 17.5 Å². The van der Waals surface area contributed by atoms with Crippen LogP contribution in [-0.2, 0) is 16.1 Å². The van der Waals surface area contributed by atoms with Crippen molar-refractivity contribution in [3.8, 4) is 0 Å². The third kappa shape index (κ3) is 5.77. The Hall–Kier alpha value is -0.910. The molecule has 0 saturated carbocycles. The maximum Gasteiger partial charge on any atom is 0.224 e. The summed E-state index contributed by atoms with van der Waals surface area (Å²) in [6, 6.07) is 4.55. The second-order valence-electron chi connectivity index (χ2n) is 5.85. The number of nitrogens with zero attached hydrogens (tertiary/aromatic N) is 1. The molecule has 0 aliphatic carbocycles. The Morgan fingerprint density at radius 3 is 3.05 bits per heavy atom. The van der Waals surface area contributed by atoms with Crippen LogP contribution in [0.5, 0.6) is 0 Å². The fourth-order valence-electron chi connectivity index (χ4n) is 2.51. The van der Waals surface area contributed by atoms with Gasteiger partial charge < -0.3 is 15.0 Å². The molecule has 118 valence electrons. The number of hydrogen-bond acceptors (Lipinski definition) is 4. The van der Waals surface area contributed by atoms with Gasteiger partial charge >= 0.3 is 0 Å². The Kier molecular flexibility index (Phi) is 6.67. The minimum Gasteiger partial charge on any atom is -0.376 e. The number of carbonyl (C=O) groups excluding carboxylic acids is 1. The van der Waals surface area contributed by atoms with Crippen LogP contribution in [0.25, 0.3) is 0 Å². The molecule has 0 bridgehead atoms. The van der Waals surface area contributed by atoms with Crippen LogP contribution in [-0.4, -0.2) is 42.6 Å². The summed E-state index contributed by atoms with van der Waals surface area (Å²) in [7, 11) is 0. The van der Waals surface area contributed by atoms with E-state index in [2.05, 4.69) is 30.6 Å². The Balaban J connectivity index is 1.88. The van der Waals surface area contributed by atoms with Crippen LogP contribution >= 0.6 is 11.3 Å². The summed E-state index contributed by atoms with van der Waals surface area (Å²) >= 11 is 1.70. The van der Waals surface area contributed by atoms with Gasteiger partial charge in [0.2, 0.25) is 5.91 Å². The van der Waals surface area contributed by atoms with Crippen molar-refractivity contribution in [1.29, 1.82) is 0 Å². The molecular formula is C16H26N2O2S. The monoisotopic (exact) mass is 310 g/mol. The Labute approximate surface area is 131 Å². The Morgan fingerprint density at radius 2 is 2.43 bits per heavy atom. The highest BCUT2D eigenvalue weighted by Gasteiger charge is 2.22. The molecule has 1 amide bonds. The predicted octanol–water partition coefficient (Wildman–Crippen LogP) is 2.64. The SMILES string of the molecule is CC(C)NCCC(=O)N(Cc1cccs1)CC1CCCO1. The Bertz CT molecular complexity index is 414. The highest BCUT2D eigenvalue weighted by molar-refractivity contribution is 7.09. The van der Waals surface area contributed by atoms with E-state index in [4.69, 9.17) is 4.74 Å². The van der Waals surface area contributed by atoms with Gasteiger partial charge in [0.15, 0.2) is 0 Å². The number of carbonyl (C=O) groups is 1. The smallest absolute Gasteiger partial charge is 0.224 e. The second kappa shape index (κ2) is 8.51. The maximum atomic E-state index is 12.5. The van der Waals surface area contributed by atoms with Crippen molar-refractivity contribution in [1.82, 2.24) is 10.2 Å². The number of thiophene rings is 1. The molecule has 2 heterocycles. The molecule has 1 atom stereocenters. The van der Waals surface area contributed by atoms with Crippen molar-refractivity contribution in [2.24, 2.45) is 0 Å². The van der Waals surface area contributed by atoms with E-state index < -0.39 is 0 Å². The van der Waals surface area contributed by atoms with E-state index in [0.717, 1.165) is 32.5 Å². The van der Waals surface area contributed by atoms with Gasteiger partial charge in [-0.2, -0.15) is 0 Å². The van der Waals surface area contributed by atoms with E-state index in [1.807, 2.05) is 11.0 Å². The lowest BCUT2D eigenvalue weighted by Crippen LogP contribution is -2.38. The van der Waals surface area contributed by atoms with Crippen molar-refractivity contribution >= 4 is 17.2 Å². The van der Waals surface area contributed by atoms with Crippen LogP contribution in [0.1, 0.15) is 38.0 Å². The molecule has 0 aromatic carbocycles. The standard InChI is InChI=1S/C16H26N2O2S/c1-13(2)17-8-7-16(19)18(11-14-5-3-9-20-14)12-15-6-4-10-21-15/h4,6,10,13-14,17H,3,5,7-9,11-12H2,1-2H3. The van der Waals surface area contributed by atoms with E-state index in [-0.39, 0.29) is 12.0 Å². The van der Waals surface area contributed by atoms with Crippen molar-refractivity contribution in [2.45, 2.75) is 51.8 Å². The van der Waals surface area contributed by atoms with Gasteiger partial charge in [-0.25, -0.2) is 0 Å². The first-order valence-corrected chi connectivity index (χ1v) is 8.68. The molecule has 0 spiro atoms. The van der Waals surface area contributed by atoms with Crippen molar-refractivity contribution in [3.63, 3.8) is 0 Å². The molecule has 1 aromatic heterocycles. The van der Waals surface area contributed by atoms with Gasteiger partial charge in [0.1, 0.15) is 0 Å². The minimum atomic E-state index is 0.215. The first kappa shape index (κ1) is 16.5. The highest BCUT2D eigenvalue weighted by Crippen LogP contribution is 2.17. The van der Waals surface area contributed by atoms with E-state index >= 15 is 0 Å². The lowest BCUT2D eigenvalue weighted by molar-refractivity contribution is -0.133. The van der Waals surface area contributed by atoms with E-state index in [9.17, 15) is 4.79 Å². The fourth-order valence-corrected chi connectivity index (χ4v) is 3.22. The first-order valence-electron chi connectivity index (χ1n) is 7.80. The fraction of sp³-hybridized carbons (Fsp3) is 0.688. The topological polar surface area (TPSA) is 41.6 Å². The van der Waals surface area contributed by atoms with Gasteiger partial charge in [0, 0.05) is 37.0 Å². The number of amides is 1. The van der Waals surface area contributed by atoms with Crippen molar-refractivity contribution in [2.75, 3.05) is 19.7 Å². The zero-order chi connectivity index (χ0) is 15.1. The lowest BCUT2D eigenvalue weighted by Gasteiger charge is -2.25. The molecule has 21 heavy (non-hydrogen) atoms. The molecule has 1 unspecified atom stereocenters. The molecule has 5 heteroatoms. The average molecular weight is 310 g/mol. The molecule has 1 aromatic rings. The molecule has 1 aliphatic heterocycles. The summed E-state index contributed by atoms with van der Waals surface area (Å²) < 4.78 is 5.69. The van der Waals surface area contributed by atoms with Crippen LogP contribution in [0.4, 0.5) is 0 Å². The number of nitrogens with one attached hydrogen (secondary N) is 1. The van der Waals surface area contributed by atoms with Crippen LogP contribution in [0, 0.1) is 0 Å². The van der Waals surface area contributed by atoms with E-state index in [1.165, 1.54) is 4.88 Å². The average Bonchev–Trinajstić information content (AvgIpc) is 3.10. The van der Waals surface area contributed by atoms with Gasteiger partial charge in [0.05, 0.1) is 12.6 Å². The largest absolute Gasteiger partial charge is 0.376 e. The second-order valence-corrected chi connectivity index (χ2v) is 6.88. The quantitative estimate of drug-likeness (QED) is 0.802. The van der Waals surface area contributed by atoms with Crippen molar-refractivity contribution < 1.29 is 9.53 Å². The molecule has 1 N–H and O–H groups in total. The summed E-state index contributed by atoms with van der Waals surface area (Å²) in [5.41, 5.74) is 0. The normalized spacial score (nSPS) is 18.3. The molecule has 1 saturated heterocycles. The zero-order valence-corrected chi connectivity index (χ0v) is 13.8. The summed E-state index contributed by atoms with van der Waals surface area (Å²) in [6.07, 6.45) is 2.95. The van der Waals surface area contributed by atoms with Gasteiger partial charge in [-0.15, -0.1) is 11.3 Å².